The fourth-order valence-corrected chi connectivity index (χ4v) is 3.43. The third-order valence-corrected chi connectivity index (χ3v) is 4.66. The topological polar surface area (TPSA) is 40.5 Å². The van der Waals surface area contributed by atoms with E-state index in [1.807, 2.05) is 25.1 Å². The van der Waals surface area contributed by atoms with E-state index in [4.69, 9.17) is 0 Å². The lowest BCUT2D eigenvalue weighted by molar-refractivity contribution is 0.0702. The van der Waals surface area contributed by atoms with E-state index in [-0.39, 0.29) is 5.91 Å². The molecule has 0 saturated carbocycles. The lowest BCUT2D eigenvalue weighted by Crippen LogP contribution is -2.45. The van der Waals surface area contributed by atoms with E-state index < -0.39 is 11.5 Å². The predicted octanol–water partition coefficient (Wildman–Crippen LogP) is 3.99. The second-order valence-electron chi connectivity index (χ2n) is 6.15. The summed E-state index contributed by atoms with van der Waals surface area (Å²) >= 11 is 0. The van der Waals surface area contributed by atoms with Crippen LogP contribution in [0.3, 0.4) is 0 Å². The molecule has 1 aliphatic heterocycles. The average Bonchev–Trinajstić information content (AvgIpc) is 2.85. The SMILES string of the molecule is Cc1ccccc1N1C(=O)c2ccccc2C1(O)c1ccc(F)cc1. The van der Waals surface area contributed by atoms with Gasteiger partial charge in [-0.2, -0.15) is 0 Å². The minimum atomic E-state index is -1.69. The van der Waals surface area contributed by atoms with Crippen molar-refractivity contribution in [1.29, 1.82) is 0 Å². The summed E-state index contributed by atoms with van der Waals surface area (Å²) in [5.74, 6) is -0.677. The van der Waals surface area contributed by atoms with Crippen LogP contribution in [0, 0.1) is 12.7 Å². The van der Waals surface area contributed by atoms with Crippen molar-refractivity contribution in [2.45, 2.75) is 12.6 Å². The van der Waals surface area contributed by atoms with Crippen LogP contribution in [0.15, 0.2) is 72.8 Å². The first-order valence-corrected chi connectivity index (χ1v) is 8.01. The van der Waals surface area contributed by atoms with Crippen molar-refractivity contribution in [2.75, 3.05) is 4.90 Å². The molecular formula is C21H16FNO2. The number of hydrogen-bond donors (Lipinski definition) is 1. The molecule has 1 unspecified atom stereocenters. The van der Waals surface area contributed by atoms with Gasteiger partial charge in [0.25, 0.3) is 5.91 Å². The number of aryl methyl sites for hydroxylation is 1. The van der Waals surface area contributed by atoms with E-state index >= 15 is 0 Å². The van der Waals surface area contributed by atoms with Gasteiger partial charge in [0.2, 0.25) is 0 Å². The Balaban J connectivity index is 2.01. The first kappa shape index (κ1) is 15.5. The maximum absolute atomic E-state index is 13.4. The normalized spacial score (nSPS) is 19.2. The van der Waals surface area contributed by atoms with Crippen LogP contribution in [-0.2, 0) is 5.72 Å². The van der Waals surface area contributed by atoms with Crippen LogP contribution >= 0.6 is 0 Å². The van der Waals surface area contributed by atoms with E-state index in [0.29, 0.717) is 22.4 Å². The summed E-state index contributed by atoms with van der Waals surface area (Å²) in [6, 6.07) is 20.0. The Bertz CT molecular complexity index is 968. The van der Waals surface area contributed by atoms with Crippen molar-refractivity contribution >= 4 is 11.6 Å². The number of carbonyl (C=O) groups is 1. The number of amides is 1. The molecule has 1 heterocycles. The monoisotopic (exact) mass is 333 g/mol. The zero-order valence-corrected chi connectivity index (χ0v) is 13.6. The van der Waals surface area contributed by atoms with Crippen molar-refractivity contribution in [3.05, 3.63) is 101 Å². The molecule has 1 amide bonds. The molecule has 1 atom stereocenters. The van der Waals surface area contributed by atoms with Gasteiger partial charge in [0.1, 0.15) is 5.82 Å². The molecule has 0 fully saturated rings. The van der Waals surface area contributed by atoms with Gasteiger partial charge >= 0.3 is 0 Å². The zero-order chi connectivity index (χ0) is 17.6. The van der Waals surface area contributed by atoms with Crippen LogP contribution in [0.1, 0.15) is 27.0 Å². The summed E-state index contributed by atoms with van der Waals surface area (Å²) in [6.45, 7) is 1.89. The molecule has 3 aromatic rings. The molecule has 1 aliphatic rings. The molecule has 0 saturated heterocycles. The predicted molar refractivity (Wildman–Crippen MR) is 93.8 cm³/mol. The molecule has 3 nitrogen and oxygen atoms in total. The van der Waals surface area contributed by atoms with Crippen molar-refractivity contribution in [1.82, 2.24) is 0 Å². The summed E-state index contributed by atoms with van der Waals surface area (Å²) in [5.41, 5.74) is 1.18. The Morgan fingerprint density at radius 1 is 0.920 bits per heavy atom. The van der Waals surface area contributed by atoms with Crippen LogP contribution in [0.25, 0.3) is 0 Å². The van der Waals surface area contributed by atoms with Gasteiger partial charge < -0.3 is 5.11 Å². The van der Waals surface area contributed by atoms with Crippen molar-refractivity contribution in [3.8, 4) is 0 Å². The molecule has 3 aromatic carbocycles. The van der Waals surface area contributed by atoms with Gasteiger partial charge in [0.05, 0.1) is 5.69 Å². The third-order valence-electron chi connectivity index (χ3n) is 4.66. The van der Waals surface area contributed by atoms with E-state index in [9.17, 15) is 14.3 Å². The smallest absolute Gasteiger partial charge is 0.261 e. The quantitative estimate of drug-likeness (QED) is 0.770. The van der Waals surface area contributed by atoms with Crippen LogP contribution in [0.2, 0.25) is 0 Å². The van der Waals surface area contributed by atoms with Gasteiger partial charge in [0.15, 0.2) is 5.72 Å². The number of hydrogen-bond acceptors (Lipinski definition) is 2. The Morgan fingerprint density at radius 2 is 1.56 bits per heavy atom. The molecule has 25 heavy (non-hydrogen) atoms. The number of fused-ring (bicyclic) bond motifs is 1. The fourth-order valence-electron chi connectivity index (χ4n) is 3.43. The first-order valence-electron chi connectivity index (χ1n) is 8.01. The Labute approximate surface area is 145 Å². The molecule has 0 bridgehead atoms. The number of para-hydroxylation sites is 1. The van der Waals surface area contributed by atoms with E-state index in [1.54, 1.807) is 30.3 Å². The summed E-state index contributed by atoms with van der Waals surface area (Å²) in [7, 11) is 0. The van der Waals surface area contributed by atoms with Crippen LogP contribution in [0.4, 0.5) is 10.1 Å². The number of benzene rings is 3. The molecule has 4 rings (SSSR count). The highest BCUT2D eigenvalue weighted by Gasteiger charge is 2.50. The van der Waals surface area contributed by atoms with Crippen molar-refractivity contribution in [2.24, 2.45) is 0 Å². The number of carbonyl (C=O) groups excluding carboxylic acids is 1. The highest BCUT2D eigenvalue weighted by Crippen LogP contribution is 2.45. The molecule has 0 aliphatic carbocycles. The van der Waals surface area contributed by atoms with Gasteiger partial charge in [-0.15, -0.1) is 0 Å². The molecule has 1 N–H and O–H groups in total. The second-order valence-corrected chi connectivity index (χ2v) is 6.15. The number of aliphatic hydroxyl groups is 1. The summed E-state index contributed by atoms with van der Waals surface area (Å²) < 4.78 is 13.4. The van der Waals surface area contributed by atoms with Gasteiger partial charge in [-0.1, -0.05) is 48.5 Å². The first-order chi connectivity index (χ1) is 12.0. The fraction of sp³-hybridized carbons (Fsp3) is 0.0952. The van der Waals surface area contributed by atoms with Crippen molar-refractivity contribution < 1.29 is 14.3 Å². The van der Waals surface area contributed by atoms with Crippen LogP contribution in [0.5, 0.6) is 0 Å². The minimum absolute atomic E-state index is 0.281. The van der Waals surface area contributed by atoms with Crippen LogP contribution < -0.4 is 4.90 Å². The van der Waals surface area contributed by atoms with E-state index in [1.165, 1.54) is 29.2 Å². The lowest BCUT2D eigenvalue weighted by atomic mass is 9.93. The number of nitrogens with zero attached hydrogens (tertiary/aromatic N) is 1. The molecule has 0 radical (unpaired) electrons. The Hall–Kier alpha value is -2.98. The number of halogens is 1. The van der Waals surface area contributed by atoms with Gasteiger partial charge in [0, 0.05) is 16.7 Å². The molecule has 0 spiro atoms. The highest BCUT2D eigenvalue weighted by atomic mass is 19.1. The molecular weight excluding hydrogens is 317 g/mol. The highest BCUT2D eigenvalue weighted by molar-refractivity contribution is 6.12. The summed E-state index contributed by atoms with van der Waals surface area (Å²) in [5, 5.41) is 11.7. The maximum atomic E-state index is 13.4. The summed E-state index contributed by atoms with van der Waals surface area (Å²) in [6.07, 6.45) is 0. The molecule has 124 valence electrons. The van der Waals surface area contributed by atoms with Gasteiger partial charge in [-0.25, -0.2) is 4.39 Å². The maximum Gasteiger partial charge on any atom is 0.261 e. The average molecular weight is 333 g/mol. The van der Waals surface area contributed by atoms with Gasteiger partial charge in [-0.3, -0.25) is 9.69 Å². The molecule has 0 aromatic heterocycles. The molecule has 4 heteroatoms. The van der Waals surface area contributed by atoms with E-state index in [0.717, 1.165) is 5.56 Å². The lowest BCUT2D eigenvalue weighted by Gasteiger charge is -2.35. The zero-order valence-electron chi connectivity index (χ0n) is 13.6. The van der Waals surface area contributed by atoms with Gasteiger partial charge in [-0.05, 0) is 36.8 Å². The summed E-state index contributed by atoms with van der Waals surface area (Å²) in [4.78, 5) is 14.5. The Morgan fingerprint density at radius 3 is 2.28 bits per heavy atom. The largest absolute Gasteiger partial charge is 0.363 e. The number of anilines is 1. The van der Waals surface area contributed by atoms with Crippen LogP contribution in [-0.4, -0.2) is 11.0 Å². The minimum Gasteiger partial charge on any atom is -0.363 e. The standard InChI is InChI=1S/C21H16FNO2/c1-14-6-2-5-9-19(14)23-20(24)17-7-3-4-8-18(17)21(23,25)15-10-12-16(22)13-11-15/h2-13,25H,1H3. The van der Waals surface area contributed by atoms with E-state index in [2.05, 4.69) is 0 Å². The number of rotatable bonds is 2. The third kappa shape index (κ3) is 2.18. The van der Waals surface area contributed by atoms with Crippen molar-refractivity contribution in [3.63, 3.8) is 0 Å². The Kier molecular flexibility index (Phi) is 3.44. The second kappa shape index (κ2) is 5.53.